The van der Waals surface area contributed by atoms with Crippen LogP contribution >= 0.6 is 0 Å². The predicted octanol–water partition coefficient (Wildman–Crippen LogP) is 9.54. The summed E-state index contributed by atoms with van der Waals surface area (Å²) in [6.07, 6.45) is 5.42. The monoisotopic (exact) mass is 596 g/mol. The molecule has 1 aromatic rings. The predicted molar refractivity (Wildman–Crippen MR) is 194 cm³/mol. The van der Waals surface area contributed by atoms with Gasteiger partial charge in [0.15, 0.2) is 13.4 Å². The lowest BCUT2D eigenvalue weighted by molar-refractivity contribution is 0.321. The summed E-state index contributed by atoms with van der Waals surface area (Å²) in [6, 6.07) is 2.47. The number of nitrogens with zero attached hydrogens (tertiary/aromatic N) is 3. The van der Waals surface area contributed by atoms with Crippen LogP contribution in [0.1, 0.15) is 119 Å². The van der Waals surface area contributed by atoms with Gasteiger partial charge in [0.1, 0.15) is 0 Å². The first kappa shape index (κ1) is 30.1. The molecule has 0 bridgehead atoms. The molecule has 7 aliphatic rings. The lowest BCUT2D eigenvalue weighted by Crippen LogP contribution is -2.56. The van der Waals surface area contributed by atoms with Gasteiger partial charge in [0.2, 0.25) is 0 Å². The van der Waals surface area contributed by atoms with E-state index in [-0.39, 0.29) is 0 Å². The fourth-order valence-electron chi connectivity index (χ4n) is 14.0. The maximum absolute atomic E-state index is 3.06. The average Bonchev–Trinajstić information content (AvgIpc) is 3.61. The van der Waals surface area contributed by atoms with E-state index in [1.54, 1.807) is 33.8 Å². The van der Waals surface area contributed by atoms with E-state index < -0.39 is 0 Å². The van der Waals surface area contributed by atoms with E-state index in [9.17, 15) is 0 Å². The molecule has 3 nitrogen and oxygen atoms in total. The normalized spacial score (nSPS) is 45.6. The first-order chi connectivity index (χ1) is 20.8. The molecule has 7 heterocycles. The summed E-state index contributed by atoms with van der Waals surface area (Å²) in [5.74, 6) is 8.93. The minimum Gasteiger partial charge on any atom is -0.368 e. The minimum absolute atomic E-state index is 0.539. The van der Waals surface area contributed by atoms with Crippen LogP contribution in [0, 0.1) is 23.7 Å². The molecule has 0 N–H and O–H groups in total. The summed E-state index contributed by atoms with van der Waals surface area (Å²) in [5, 5.41) is 0. The Hall–Kier alpha value is -1.25. The molecule has 7 aliphatic heterocycles. The molecule has 0 radical (unpaired) electrons. The molecule has 4 saturated heterocycles. The molecule has 44 heavy (non-hydrogen) atoms. The highest BCUT2D eigenvalue weighted by Gasteiger charge is 2.59. The summed E-state index contributed by atoms with van der Waals surface area (Å²) in [5.41, 5.74) is 10.5. The Morgan fingerprint density at radius 3 is 1.50 bits per heavy atom. The second kappa shape index (κ2) is 10.1. The van der Waals surface area contributed by atoms with Crippen molar-refractivity contribution in [2.75, 3.05) is 27.8 Å². The van der Waals surface area contributed by atoms with Crippen molar-refractivity contribution in [3.05, 3.63) is 16.7 Å². The zero-order chi connectivity index (χ0) is 31.3. The van der Waals surface area contributed by atoms with E-state index in [4.69, 9.17) is 0 Å². The third-order valence-electron chi connectivity index (χ3n) is 16.5. The second-order valence-corrected chi connectivity index (χ2v) is 18.6. The zero-order valence-corrected chi connectivity index (χ0v) is 30.4. The Morgan fingerprint density at radius 2 is 1.02 bits per heavy atom. The Labute approximate surface area is 271 Å². The number of anilines is 3. The van der Waals surface area contributed by atoms with Gasteiger partial charge in [0.05, 0.1) is 0 Å². The van der Waals surface area contributed by atoms with Crippen molar-refractivity contribution in [3.8, 4) is 0 Å². The van der Waals surface area contributed by atoms with E-state index in [0.717, 1.165) is 72.0 Å². The fourth-order valence-corrected chi connectivity index (χ4v) is 14.0. The maximum atomic E-state index is 3.06. The van der Waals surface area contributed by atoms with Crippen LogP contribution in [0.5, 0.6) is 0 Å². The van der Waals surface area contributed by atoms with Crippen LogP contribution in [0.2, 0.25) is 34.9 Å². The highest BCUT2D eigenvalue weighted by molar-refractivity contribution is 6.65. The Morgan fingerprint density at radius 1 is 0.568 bits per heavy atom. The van der Waals surface area contributed by atoms with E-state index in [0.29, 0.717) is 30.1 Å². The summed E-state index contributed by atoms with van der Waals surface area (Å²) in [6.45, 7) is 35.3. The van der Waals surface area contributed by atoms with Crippen LogP contribution in [-0.4, -0.2) is 50.7 Å². The summed E-state index contributed by atoms with van der Waals surface area (Å²) < 4.78 is 0. The molecule has 0 saturated carbocycles. The molecule has 0 amide bonds. The van der Waals surface area contributed by atoms with Gasteiger partial charge in [-0.15, -0.1) is 0 Å². The first-order valence-electron chi connectivity index (χ1n) is 19.4. The number of benzene rings is 1. The molecule has 240 valence electrons. The van der Waals surface area contributed by atoms with Gasteiger partial charge in [0.25, 0.3) is 0 Å². The second-order valence-electron chi connectivity index (χ2n) is 18.6. The van der Waals surface area contributed by atoms with Gasteiger partial charge < -0.3 is 14.7 Å². The van der Waals surface area contributed by atoms with Gasteiger partial charge in [-0.3, -0.25) is 0 Å². The number of fused-ring (bicyclic) bond motifs is 12. The molecule has 14 atom stereocenters. The average molecular weight is 596 g/mol. The van der Waals surface area contributed by atoms with Crippen molar-refractivity contribution in [3.63, 3.8) is 0 Å². The Balaban J connectivity index is 1.30. The third-order valence-corrected chi connectivity index (χ3v) is 16.5. The third kappa shape index (κ3) is 3.77. The zero-order valence-electron chi connectivity index (χ0n) is 30.4. The molecule has 1 aromatic carbocycles. The number of hydrogen-bond donors (Lipinski definition) is 0. The van der Waals surface area contributed by atoms with E-state index in [2.05, 4.69) is 97.8 Å². The van der Waals surface area contributed by atoms with Crippen molar-refractivity contribution in [1.29, 1.82) is 0 Å². The van der Waals surface area contributed by atoms with Crippen LogP contribution < -0.4 is 14.7 Å². The van der Waals surface area contributed by atoms with Crippen molar-refractivity contribution in [2.45, 2.75) is 174 Å². The van der Waals surface area contributed by atoms with Crippen molar-refractivity contribution >= 4 is 30.5 Å². The summed E-state index contributed by atoms with van der Waals surface area (Å²) in [4.78, 5) is 9.01. The summed E-state index contributed by atoms with van der Waals surface area (Å²) >= 11 is 0. The van der Waals surface area contributed by atoms with Gasteiger partial charge in [-0.2, -0.15) is 0 Å². The molecule has 8 rings (SSSR count). The highest BCUT2D eigenvalue weighted by Crippen LogP contribution is 2.65. The quantitative estimate of drug-likeness (QED) is 0.300. The minimum atomic E-state index is 0.539. The lowest BCUT2D eigenvalue weighted by atomic mass is 9.21. The number of rotatable bonds is 1. The van der Waals surface area contributed by atoms with Crippen molar-refractivity contribution < 1.29 is 0 Å². The van der Waals surface area contributed by atoms with Gasteiger partial charge in [0, 0.05) is 76.9 Å². The smallest absolute Gasteiger partial charge is 0.154 e. The highest BCUT2D eigenvalue weighted by atomic mass is 15.3. The molecular weight excluding hydrogens is 532 g/mol. The van der Waals surface area contributed by atoms with E-state index in [1.165, 1.54) is 38.8 Å². The molecule has 0 spiro atoms. The van der Waals surface area contributed by atoms with Gasteiger partial charge in [-0.25, -0.2) is 0 Å². The Bertz CT molecular complexity index is 1330. The maximum Gasteiger partial charge on any atom is 0.154 e. The summed E-state index contributed by atoms with van der Waals surface area (Å²) in [7, 11) is 0. The van der Waals surface area contributed by atoms with Crippen LogP contribution in [-0.2, 0) is 12.8 Å². The van der Waals surface area contributed by atoms with Crippen LogP contribution in [0.15, 0.2) is 0 Å². The van der Waals surface area contributed by atoms with Crippen molar-refractivity contribution in [2.24, 2.45) is 23.7 Å². The first-order valence-corrected chi connectivity index (χ1v) is 19.4. The van der Waals surface area contributed by atoms with E-state index >= 15 is 0 Å². The molecule has 0 aromatic heterocycles. The number of hydrogen-bond acceptors (Lipinski definition) is 3. The fraction of sp³-hybridized carbons (Fsp3) is 0.846. The van der Waals surface area contributed by atoms with Gasteiger partial charge >= 0.3 is 0 Å². The molecule has 5 heteroatoms. The SMILES string of the molecule is CC(C)N1c2c3c(c4c(c2[C@@H](C)[C@H]1C)N1C[C@H]2B([C@@H](C)[C@@H](C)C[C@H]2C)[C@H](C)[C@@H]1C4)N1C[C@H]2B([C@@H](C)[C@@H](C)C[C@H]2C)[C@H](C)[C@@H]1C3. The topological polar surface area (TPSA) is 9.72 Å². The van der Waals surface area contributed by atoms with Crippen molar-refractivity contribution in [1.82, 2.24) is 0 Å². The molecular formula is C39H63B2N3. The van der Waals surface area contributed by atoms with Crippen LogP contribution in [0.3, 0.4) is 0 Å². The van der Waals surface area contributed by atoms with Gasteiger partial charge in [-0.05, 0) is 93.4 Å². The molecule has 0 aliphatic carbocycles. The molecule has 0 unspecified atom stereocenters. The molecule has 4 fully saturated rings. The van der Waals surface area contributed by atoms with Gasteiger partial charge in [-0.1, -0.05) is 73.9 Å². The largest absolute Gasteiger partial charge is 0.368 e. The van der Waals surface area contributed by atoms with Crippen LogP contribution in [0.4, 0.5) is 17.1 Å². The van der Waals surface area contributed by atoms with Crippen LogP contribution in [0.25, 0.3) is 0 Å². The standard InChI is InChI=1S/C39H63B2N3/c1-19(2)44-29(12)24(7)36-38-30(15-35-28(11)41-26(9)21(4)14-23(6)33(41)18-43(35)38)37-31(39(36)44)16-34-27(10)40-25(8)20(3)13-22(5)32(40)17-42(34)37/h19-29,32-35H,13-18H2,1-12H3/t20-,21-,22+,23+,24-,25-,26-,27+,28+,29+,32+,33+,34-,35-/m0/s1. The van der Waals surface area contributed by atoms with E-state index in [1.807, 2.05) is 0 Å². The Kier molecular flexibility index (Phi) is 6.93. The lowest BCUT2D eigenvalue weighted by Gasteiger charge is -2.54.